The lowest BCUT2D eigenvalue weighted by Gasteiger charge is -2.43. The van der Waals surface area contributed by atoms with Gasteiger partial charge in [0.05, 0.1) is 32.2 Å². The standard InChI is InChI=1S/C50H62ClN5O11Si/c1-33(57)67-35-27-44(45(58)53-50(5,47(60)63-7)31-64-32-62-6)56(52-28-35)46(59)43(54-55-48(61)65-30-42-40-24-16-14-22-38(40)39-23-15-17-25-41(39)42)26-34(51)29-66-68(49(2,3)4,36-18-10-8-11-19-36)37-20-12-9-13-21-37/h8-25,34-35,42-44,52,54H,26-32H2,1-7H3,(H,53,58)(H,55,61)/t34-,35-,43+,44-,50-/m0/s1. The fraction of sp³-hybridized carbons (Fsp3) is 0.420. The first-order valence-corrected chi connectivity index (χ1v) is 24.8. The van der Waals surface area contributed by atoms with Crippen LogP contribution in [0.5, 0.6) is 0 Å². The number of nitrogens with zero attached hydrogens (tertiary/aromatic N) is 1. The molecule has 4 aromatic rings. The first-order valence-electron chi connectivity index (χ1n) is 22.5. The number of fused-ring (bicyclic) bond motifs is 3. The molecule has 0 radical (unpaired) electrons. The molecule has 1 aliphatic heterocycles. The van der Waals surface area contributed by atoms with Gasteiger partial charge in [0.2, 0.25) is 5.91 Å². The quantitative estimate of drug-likeness (QED) is 0.0182. The molecule has 0 spiro atoms. The third-order valence-electron chi connectivity index (χ3n) is 12.2. The van der Waals surface area contributed by atoms with Crippen LogP contribution < -0.4 is 32.0 Å². The molecule has 364 valence electrons. The predicted molar refractivity (Wildman–Crippen MR) is 258 cm³/mol. The van der Waals surface area contributed by atoms with E-state index in [0.717, 1.165) is 44.7 Å². The second-order valence-electron chi connectivity index (χ2n) is 18.1. The molecular weight excluding hydrogens is 910 g/mol. The number of rotatable bonds is 20. The van der Waals surface area contributed by atoms with Crippen LogP contribution in [0.25, 0.3) is 11.1 Å². The van der Waals surface area contributed by atoms with Crippen LogP contribution in [0.2, 0.25) is 5.04 Å². The number of nitrogens with one attached hydrogen (secondary N) is 4. The van der Waals surface area contributed by atoms with Crippen LogP contribution in [-0.4, -0.2) is 120 Å². The van der Waals surface area contributed by atoms with Crippen molar-refractivity contribution in [2.75, 3.05) is 47.4 Å². The molecule has 1 saturated heterocycles. The predicted octanol–water partition coefficient (Wildman–Crippen LogP) is 4.68. The van der Waals surface area contributed by atoms with Crippen molar-refractivity contribution in [2.24, 2.45) is 0 Å². The minimum atomic E-state index is -3.08. The van der Waals surface area contributed by atoms with E-state index in [-0.39, 0.29) is 57.0 Å². The highest BCUT2D eigenvalue weighted by atomic mass is 35.5. The van der Waals surface area contributed by atoms with Gasteiger partial charge in [0.1, 0.15) is 31.6 Å². The summed E-state index contributed by atoms with van der Waals surface area (Å²) in [4.78, 5) is 68.1. The molecule has 2 aliphatic rings. The van der Waals surface area contributed by atoms with E-state index in [1.807, 2.05) is 84.9 Å². The fourth-order valence-corrected chi connectivity index (χ4v) is 14.0. The maximum absolute atomic E-state index is 15.0. The lowest BCUT2D eigenvalue weighted by molar-refractivity contribution is -0.162. The second kappa shape index (κ2) is 23.1. The highest BCUT2D eigenvalue weighted by Crippen LogP contribution is 2.44. The lowest BCUT2D eigenvalue weighted by Crippen LogP contribution is -2.69. The number of benzene rings is 4. The van der Waals surface area contributed by atoms with Crippen molar-refractivity contribution in [1.29, 1.82) is 0 Å². The zero-order valence-electron chi connectivity index (χ0n) is 39.5. The molecule has 0 saturated carbocycles. The van der Waals surface area contributed by atoms with Crippen molar-refractivity contribution in [3.05, 3.63) is 120 Å². The number of hydrogen-bond acceptors (Lipinski definition) is 13. The Labute approximate surface area is 403 Å². The van der Waals surface area contributed by atoms with Crippen LogP contribution >= 0.6 is 11.6 Å². The second-order valence-corrected chi connectivity index (χ2v) is 23.0. The first-order chi connectivity index (χ1) is 32.5. The van der Waals surface area contributed by atoms with Crippen molar-refractivity contribution >= 4 is 60.1 Å². The van der Waals surface area contributed by atoms with Gasteiger partial charge in [0.25, 0.3) is 14.2 Å². The Morgan fingerprint density at radius 3 is 1.96 bits per heavy atom. The number of carbonyl (C=O) groups is 5. The topological polar surface area (TPSA) is 192 Å². The fourth-order valence-electron chi connectivity index (χ4n) is 9.05. The van der Waals surface area contributed by atoms with Gasteiger partial charge in [-0.15, -0.1) is 11.6 Å². The molecule has 0 unspecified atom stereocenters. The average Bonchev–Trinajstić information content (AvgIpc) is 3.65. The summed E-state index contributed by atoms with van der Waals surface area (Å²) in [7, 11) is -0.513. The highest BCUT2D eigenvalue weighted by molar-refractivity contribution is 6.99. The van der Waals surface area contributed by atoms with Crippen LogP contribution in [-0.2, 0) is 47.3 Å². The van der Waals surface area contributed by atoms with Crippen LogP contribution in [0.15, 0.2) is 109 Å². The van der Waals surface area contributed by atoms with E-state index in [4.69, 9.17) is 39.7 Å². The van der Waals surface area contributed by atoms with E-state index in [2.05, 4.69) is 66.6 Å². The number of halogens is 1. The van der Waals surface area contributed by atoms with Gasteiger partial charge in [-0.2, -0.15) is 0 Å². The number of alkyl halides is 1. The van der Waals surface area contributed by atoms with E-state index >= 15 is 0 Å². The number of methoxy groups -OCH3 is 2. The Morgan fingerprint density at radius 1 is 0.838 bits per heavy atom. The maximum atomic E-state index is 15.0. The summed E-state index contributed by atoms with van der Waals surface area (Å²) < 4.78 is 33.9. The molecule has 0 bridgehead atoms. The molecule has 0 aromatic heterocycles. The van der Waals surface area contributed by atoms with Gasteiger partial charge >= 0.3 is 18.0 Å². The minimum absolute atomic E-state index is 0.00390. The Bertz CT molecular complexity index is 2290. The molecule has 18 heteroatoms. The van der Waals surface area contributed by atoms with Gasteiger partial charge in [-0.3, -0.25) is 24.8 Å². The zero-order valence-corrected chi connectivity index (χ0v) is 41.3. The molecule has 6 rings (SSSR count). The van der Waals surface area contributed by atoms with Crippen LogP contribution in [0, 0.1) is 0 Å². The highest BCUT2D eigenvalue weighted by Gasteiger charge is 2.51. The van der Waals surface area contributed by atoms with E-state index in [1.165, 1.54) is 21.0 Å². The molecule has 16 nitrogen and oxygen atoms in total. The van der Waals surface area contributed by atoms with Gasteiger partial charge in [-0.25, -0.2) is 20.4 Å². The lowest BCUT2D eigenvalue weighted by atomic mass is 9.98. The molecule has 4 aromatic carbocycles. The van der Waals surface area contributed by atoms with Crippen molar-refractivity contribution in [3.63, 3.8) is 0 Å². The average molecular weight is 973 g/mol. The molecular formula is C50H62ClN5O11Si. The molecule has 1 aliphatic carbocycles. The Hall–Kier alpha value is -5.66. The molecule has 4 N–H and O–H groups in total. The molecule has 1 heterocycles. The Kier molecular flexibility index (Phi) is 17.6. The number of esters is 2. The largest absolute Gasteiger partial charge is 0.467 e. The minimum Gasteiger partial charge on any atom is -0.467 e. The van der Waals surface area contributed by atoms with Gasteiger partial charge in [-0.05, 0) is 51.0 Å². The van der Waals surface area contributed by atoms with E-state index in [9.17, 15) is 24.0 Å². The van der Waals surface area contributed by atoms with E-state index in [1.54, 1.807) is 0 Å². The van der Waals surface area contributed by atoms with Gasteiger partial charge < -0.3 is 33.4 Å². The van der Waals surface area contributed by atoms with Crippen LogP contribution in [0.3, 0.4) is 0 Å². The number of hydrazine groups is 2. The summed E-state index contributed by atoms with van der Waals surface area (Å²) in [5.74, 6) is -3.15. The maximum Gasteiger partial charge on any atom is 0.421 e. The third-order valence-corrected chi connectivity index (χ3v) is 17.5. The number of hydrogen-bond donors (Lipinski definition) is 4. The summed E-state index contributed by atoms with van der Waals surface area (Å²) in [5, 5.41) is 4.62. The van der Waals surface area contributed by atoms with Gasteiger partial charge in [-0.1, -0.05) is 130 Å². The monoisotopic (exact) mass is 971 g/mol. The van der Waals surface area contributed by atoms with Crippen molar-refractivity contribution in [1.82, 2.24) is 26.6 Å². The normalized spacial score (nSPS) is 17.7. The number of amides is 3. The summed E-state index contributed by atoms with van der Waals surface area (Å²) in [5.41, 5.74) is 10.8. The van der Waals surface area contributed by atoms with Crippen molar-refractivity contribution in [3.8, 4) is 11.1 Å². The summed E-state index contributed by atoms with van der Waals surface area (Å²) >= 11 is 7.24. The van der Waals surface area contributed by atoms with E-state index in [0.29, 0.717) is 0 Å². The number of ether oxygens (including phenoxy) is 5. The summed E-state index contributed by atoms with van der Waals surface area (Å²) in [6, 6.07) is 33.3. The molecule has 5 atom stereocenters. The SMILES string of the molecule is COCOC[C@](C)(NC(=O)[C@@H]1C[C@H](OC(C)=O)CNN1C(=O)[C@@H](C[C@H](Cl)CO[Si](c1ccccc1)(c1ccccc1)C(C)(C)C)NNC(=O)OCC1c2ccccc2-c2ccccc21)C(=O)OC. The van der Waals surface area contributed by atoms with Gasteiger partial charge in [0, 0.05) is 26.4 Å². The molecule has 68 heavy (non-hydrogen) atoms. The molecule has 1 fully saturated rings. The first kappa shape index (κ1) is 51.7. The van der Waals surface area contributed by atoms with Crippen molar-refractivity contribution < 1.29 is 52.1 Å². The Morgan fingerprint density at radius 2 is 1.41 bits per heavy atom. The third kappa shape index (κ3) is 11.9. The Balaban J connectivity index is 1.28. The summed E-state index contributed by atoms with van der Waals surface area (Å²) in [6.07, 6.45) is -1.98. The van der Waals surface area contributed by atoms with Gasteiger partial charge in [0.15, 0.2) is 5.54 Å². The zero-order chi connectivity index (χ0) is 49.1. The van der Waals surface area contributed by atoms with Crippen LogP contribution in [0.1, 0.15) is 64.5 Å². The van der Waals surface area contributed by atoms with E-state index < -0.39 is 67.3 Å². The van der Waals surface area contributed by atoms with Crippen LogP contribution in [0.4, 0.5) is 4.79 Å². The van der Waals surface area contributed by atoms with Crippen molar-refractivity contribution in [2.45, 2.75) is 87.5 Å². The smallest absolute Gasteiger partial charge is 0.421 e. The molecule has 3 amide bonds. The summed E-state index contributed by atoms with van der Waals surface area (Å²) in [6.45, 7) is 8.49. The number of carbonyl (C=O) groups excluding carboxylic acids is 5.